The second kappa shape index (κ2) is 8.80. The van der Waals surface area contributed by atoms with Gasteiger partial charge in [-0.1, -0.05) is 30.3 Å². The number of carbonyl (C=O) groups excluding carboxylic acids is 1. The zero-order valence-electron chi connectivity index (χ0n) is 13.0. The molecular formula is C17H27N3O. The zero-order chi connectivity index (χ0) is 14.9. The lowest BCUT2D eigenvalue weighted by Gasteiger charge is -2.32. The van der Waals surface area contributed by atoms with Gasteiger partial charge in [0.05, 0.1) is 6.54 Å². The summed E-state index contributed by atoms with van der Waals surface area (Å²) < 4.78 is 0. The highest BCUT2D eigenvalue weighted by atomic mass is 16.2. The fourth-order valence-electron chi connectivity index (χ4n) is 3.00. The molecule has 1 aliphatic heterocycles. The van der Waals surface area contributed by atoms with E-state index in [4.69, 9.17) is 0 Å². The summed E-state index contributed by atoms with van der Waals surface area (Å²) in [6, 6.07) is 10.3. The first-order chi connectivity index (χ1) is 10.3. The molecule has 1 aromatic carbocycles. The van der Waals surface area contributed by atoms with Crippen molar-refractivity contribution >= 4 is 5.91 Å². The number of nitrogens with zero attached hydrogens (tertiary/aromatic N) is 1. The Morgan fingerprint density at radius 2 is 2.14 bits per heavy atom. The number of nitrogens with one attached hydrogen (secondary N) is 2. The Labute approximate surface area is 127 Å². The lowest BCUT2D eigenvalue weighted by atomic mass is 9.98. The molecule has 1 atom stereocenters. The highest BCUT2D eigenvalue weighted by Gasteiger charge is 2.20. The molecule has 0 bridgehead atoms. The van der Waals surface area contributed by atoms with Crippen LogP contribution in [0.3, 0.4) is 0 Å². The van der Waals surface area contributed by atoms with Crippen molar-refractivity contribution in [1.29, 1.82) is 0 Å². The SMILES string of the molecule is CNCC1CCCN(CC(=O)NCCc2ccccc2)C1. The summed E-state index contributed by atoms with van der Waals surface area (Å²) in [6.07, 6.45) is 3.37. The van der Waals surface area contributed by atoms with E-state index in [0.29, 0.717) is 12.5 Å². The summed E-state index contributed by atoms with van der Waals surface area (Å²) in [5.74, 6) is 0.830. The quantitative estimate of drug-likeness (QED) is 0.795. The number of piperidine rings is 1. The van der Waals surface area contributed by atoms with Gasteiger partial charge in [0.25, 0.3) is 0 Å². The molecule has 0 spiro atoms. The van der Waals surface area contributed by atoms with E-state index in [0.717, 1.165) is 32.6 Å². The number of benzene rings is 1. The van der Waals surface area contributed by atoms with E-state index >= 15 is 0 Å². The Kier molecular flexibility index (Phi) is 6.70. The highest BCUT2D eigenvalue weighted by Crippen LogP contribution is 2.15. The predicted molar refractivity (Wildman–Crippen MR) is 86.2 cm³/mol. The molecule has 1 unspecified atom stereocenters. The third-order valence-corrected chi connectivity index (χ3v) is 4.04. The van der Waals surface area contributed by atoms with E-state index in [-0.39, 0.29) is 5.91 Å². The molecule has 4 heteroatoms. The van der Waals surface area contributed by atoms with Crippen molar-refractivity contribution in [3.05, 3.63) is 35.9 Å². The minimum atomic E-state index is 0.149. The van der Waals surface area contributed by atoms with Gasteiger partial charge in [-0.2, -0.15) is 0 Å². The molecule has 1 fully saturated rings. The van der Waals surface area contributed by atoms with Crippen LogP contribution < -0.4 is 10.6 Å². The molecule has 1 heterocycles. The van der Waals surface area contributed by atoms with E-state index in [2.05, 4.69) is 27.7 Å². The second-order valence-electron chi connectivity index (χ2n) is 5.89. The normalized spacial score (nSPS) is 19.4. The van der Waals surface area contributed by atoms with Crippen LogP contribution in [0.1, 0.15) is 18.4 Å². The third-order valence-electron chi connectivity index (χ3n) is 4.04. The average Bonchev–Trinajstić information content (AvgIpc) is 2.49. The first kappa shape index (κ1) is 16.0. The van der Waals surface area contributed by atoms with Crippen LogP contribution in [0.5, 0.6) is 0 Å². The Hall–Kier alpha value is -1.39. The fourth-order valence-corrected chi connectivity index (χ4v) is 3.00. The molecular weight excluding hydrogens is 262 g/mol. The van der Waals surface area contributed by atoms with Gasteiger partial charge in [-0.25, -0.2) is 0 Å². The lowest BCUT2D eigenvalue weighted by molar-refractivity contribution is -0.122. The molecule has 1 aliphatic rings. The molecule has 1 amide bonds. The predicted octanol–water partition coefficient (Wildman–Crippen LogP) is 1.28. The first-order valence-corrected chi connectivity index (χ1v) is 7.95. The molecule has 1 saturated heterocycles. The largest absolute Gasteiger partial charge is 0.355 e. The Balaban J connectivity index is 1.65. The molecule has 2 rings (SSSR count). The van der Waals surface area contributed by atoms with E-state index in [1.54, 1.807) is 0 Å². The molecule has 0 aliphatic carbocycles. The van der Waals surface area contributed by atoms with Crippen molar-refractivity contribution in [2.45, 2.75) is 19.3 Å². The number of likely N-dealkylation sites (tertiary alicyclic amines) is 1. The second-order valence-corrected chi connectivity index (χ2v) is 5.89. The number of rotatable bonds is 7. The zero-order valence-corrected chi connectivity index (χ0v) is 13.0. The first-order valence-electron chi connectivity index (χ1n) is 7.95. The summed E-state index contributed by atoms with van der Waals surface area (Å²) in [6.45, 7) is 4.39. The van der Waals surface area contributed by atoms with Gasteiger partial charge in [-0.3, -0.25) is 9.69 Å². The van der Waals surface area contributed by atoms with Crippen molar-refractivity contribution in [2.24, 2.45) is 5.92 Å². The van der Waals surface area contributed by atoms with Crippen LogP contribution in [0, 0.1) is 5.92 Å². The monoisotopic (exact) mass is 289 g/mol. The van der Waals surface area contributed by atoms with E-state index in [9.17, 15) is 4.79 Å². The smallest absolute Gasteiger partial charge is 0.234 e. The summed E-state index contributed by atoms with van der Waals surface area (Å²) >= 11 is 0. The van der Waals surface area contributed by atoms with Crippen molar-refractivity contribution in [2.75, 3.05) is 39.8 Å². The molecule has 0 aromatic heterocycles. The number of hydrogen-bond donors (Lipinski definition) is 2. The van der Waals surface area contributed by atoms with Crippen LogP contribution in [-0.4, -0.2) is 50.6 Å². The van der Waals surface area contributed by atoms with Crippen molar-refractivity contribution in [3.63, 3.8) is 0 Å². The Morgan fingerprint density at radius 1 is 1.33 bits per heavy atom. The number of carbonyl (C=O) groups is 1. The Bertz CT molecular complexity index is 419. The molecule has 1 aromatic rings. The number of hydrogen-bond acceptors (Lipinski definition) is 3. The molecule has 116 valence electrons. The maximum atomic E-state index is 12.0. The molecule has 2 N–H and O–H groups in total. The van der Waals surface area contributed by atoms with Crippen LogP contribution >= 0.6 is 0 Å². The van der Waals surface area contributed by atoms with Gasteiger partial charge >= 0.3 is 0 Å². The van der Waals surface area contributed by atoms with Gasteiger partial charge < -0.3 is 10.6 Å². The van der Waals surface area contributed by atoms with E-state index in [1.165, 1.54) is 18.4 Å². The third kappa shape index (κ3) is 5.86. The minimum Gasteiger partial charge on any atom is -0.355 e. The topological polar surface area (TPSA) is 44.4 Å². The molecule has 4 nitrogen and oxygen atoms in total. The van der Waals surface area contributed by atoms with Crippen LogP contribution in [0.25, 0.3) is 0 Å². The van der Waals surface area contributed by atoms with Gasteiger partial charge in [0.1, 0.15) is 0 Å². The fraction of sp³-hybridized carbons (Fsp3) is 0.588. The summed E-state index contributed by atoms with van der Waals surface area (Å²) in [4.78, 5) is 14.3. The maximum Gasteiger partial charge on any atom is 0.234 e. The molecule has 0 saturated carbocycles. The molecule has 21 heavy (non-hydrogen) atoms. The standard InChI is InChI=1S/C17H27N3O/c1-18-12-16-8-5-11-20(13-16)14-17(21)19-10-9-15-6-3-2-4-7-15/h2-4,6-7,16,18H,5,8-14H2,1H3,(H,19,21). The summed E-state index contributed by atoms with van der Waals surface area (Å²) in [7, 11) is 2.00. The van der Waals surface area contributed by atoms with Crippen LogP contribution in [0.2, 0.25) is 0 Å². The lowest BCUT2D eigenvalue weighted by Crippen LogP contribution is -2.44. The van der Waals surface area contributed by atoms with E-state index < -0.39 is 0 Å². The van der Waals surface area contributed by atoms with E-state index in [1.807, 2.05) is 25.2 Å². The highest BCUT2D eigenvalue weighted by molar-refractivity contribution is 5.78. The van der Waals surface area contributed by atoms with Gasteiger partial charge in [-0.05, 0) is 50.9 Å². The van der Waals surface area contributed by atoms with Crippen LogP contribution in [0.15, 0.2) is 30.3 Å². The van der Waals surface area contributed by atoms with Gasteiger partial charge in [0.2, 0.25) is 5.91 Å². The van der Waals surface area contributed by atoms with Crippen molar-refractivity contribution < 1.29 is 4.79 Å². The summed E-state index contributed by atoms with van der Waals surface area (Å²) in [5, 5.41) is 6.27. The van der Waals surface area contributed by atoms with Crippen LogP contribution in [-0.2, 0) is 11.2 Å². The Morgan fingerprint density at radius 3 is 2.90 bits per heavy atom. The van der Waals surface area contributed by atoms with Gasteiger partial charge in [0, 0.05) is 13.1 Å². The molecule has 0 radical (unpaired) electrons. The van der Waals surface area contributed by atoms with Crippen LogP contribution in [0.4, 0.5) is 0 Å². The van der Waals surface area contributed by atoms with Gasteiger partial charge in [0.15, 0.2) is 0 Å². The van der Waals surface area contributed by atoms with Crippen molar-refractivity contribution in [3.8, 4) is 0 Å². The van der Waals surface area contributed by atoms with Gasteiger partial charge in [-0.15, -0.1) is 0 Å². The number of amides is 1. The minimum absolute atomic E-state index is 0.149. The maximum absolute atomic E-state index is 12.0. The average molecular weight is 289 g/mol. The van der Waals surface area contributed by atoms with Crippen molar-refractivity contribution in [1.82, 2.24) is 15.5 Å². The summed E-state index contributed by atoms with van der Waals surface area (Å²) in [5.41, 5.74) is 1.27.